The lowest BCUT2D eigenvalue weighted by molar-refractivity contribution is -0.116. The number of sulfone groups is 1. The average molecular weight is 430 g/mol. The first kappa shape index (κ1) is 19.5. The quantitative estimate of drug-likeness (QED) is 0.661. The molecule has 6 nitrogen and oxygen atoms in total. The van der Waals surface area contributed by atoms with Crippen LogP contribution in [0.2, 0.25) is 0 Å². The molecule has 1 amide bonds. The largest absolute Gasteiger partial charge is 0.497 e. The zero-order chi connectivity index (χ0) is 20.6. The summed E-state index contributed by atoms with van der Waals surface area (Å²) in [6, 6.07) is 13.7. The van der Waals surface area contributed by atoms with Crippen LogP contribution in [0, 0.1) is 0 Å². The van der Waals surface area contributed by atoms with Crippen molar-refractivity contribution in [1.29, 1.82) is 0 Å². The number of amides is 1. The predicted octanol–water partition coefficient (Wildman–Crippen LogP) is 4.07. The molecule has 1 aliphatic rings. The molecule has 0 saturated carbocycles. The third-order valence-corrected chi connectivity index (χ3v) is 7.97. The topological polar surface area (TPSA) is 81.7 Å². The number of rotatable bonds is 5. The maximum absolute atomic E-state index is 13.2. The molecule has 0 saturated heterocycles. The average Bonchev–Trinajstić information content (AvgIpc) is 3.18. The number of carbonyl (C=O) groups is 1. The lowest BCUT2D eigenvalue weighted by atomic mass is 9.91. The Bertz CT molecular complexity index is 1150. The van der Waals surface area contributed by atoms with Crippen LogP contribution in [0.25, 0.3) is 0 Å². The first-order chi connectivity index (χ1) is 13.9. The van der Waals surface area contributed by atoms with E-state index in [9.17, 15) is 13.2 Å². The van der Waals surface area contributed by atoms with Crippen LogP contribution in [0.4, 0.5) is 5.69 Å². The van der Waals surface area contributed by atoms with Gasteiger partial charge in [0, 0.05) is 22.6 Å². The third kappa shape index (κ3) is 3.49. The van der Waals surface area contributed by atoms with E-state index in [0.29, 0.717) is 11.4 Å². The molecule has 1 unspecified atom stereocenters. The molecule has 0 fully saturated rings. The SMILES string of the molecule is COc1ccc(C2CC(=O)Nc3c(S(=O)(=O)c4ccc(OC)cc4)csc32)cc1. The Balaban J connectivity index is 1.76. The van der Waals surface area contributed by atoms with Crippen molar-refractivity contribution in [1.82, 2.24) is 0 Å². The van der Waals surface area contributed by atoms with Crippen molar-refractivity contribution in [2.75, 3.05) is 19.5 Å². The number of ether oxygens (including phenoxy) is 2. The van der Waals surface area contributed by atoms with Crippen LogP contribution < -0.4 is 14.8 Å². The van der Waals surface area contributed by atoms with E-state index in [2.05, 4.69) is 5.32 Å². The molecular formula is C21H19NO5S2. The Morgan fingerprint density at radius 2 is 1.55 bits per heavy atom. The van der Waals surface area contributed by atoms with Crippen LogP contribution in [0.3, 0.4) is 0 Å². The second-order valence-electron chi connectivity index (χ2n) is 6.60. The highest BCUT2D eigenvalue weighted by Gasteiger charge is 2.34. The molecule has 150 valence electrons. The Morgan fingerprint density at radius 1 is 0.966 bits per heavy atom. The number of methoxy groups -OCH3 is 2. The Kier molecular flexibility index (Phi) is 5.06. The smallest absolute Gasteiger partial charge is 0.225 e. The number of hydrogen-bond donors (Lipinski definition) is 1. The van der Waals surface area contributed by atoms with E-state index in [-0.39, 0.29) is 28.0 Å². The van der Waals surface area contributed by atoms with Crippen molar-refractivity contribution in [3.05, 3.63) is 64.4 Å². The van der Waals surface area contributed by atoms with E-state index in [0.717, 1.165) is 16.2 Å². The third-order valence-electron chi connectivity index (χ3n) is 4.93. The molecule has 1 atom stereocenters. The molecular weight excluding hydrogens is 410 g/mol. The van der Waals surface area contributed by atoms with Gasteiger partial charge < -0.3 is 14.8 Å². The number of thiophene rings is 1. The lowest BCUT2D eigenvalue weighted by Crippen LogP contribution is -2.23. The van der Waals surface area contributed by atoms with Crippen LogP contribution >= 0.6 is 11.3 Å². The second kappa shape index (κ2) is 7.53. The van der Waals surface area contributed by atoms with Crippen LogP contribution in [0.5, 0.6) is 11.5 Å². The van der Waals surface area contributed by atoms with Gasteiger partial charge in [-0.2, -0.15) is 0 Å². The van der Waals surface area contributed by atoms with Crippen molar-refractivity contribution in [3.63, 3.8) is 0 Å². The monoisotopic (exact) mass is 429 g/mol. The van der Waals surface area contributed by atoms with E-state index in [4.69, 9.17) is 9.47 Å². The standard InChI is InChI=1S/C21H19NO5S2/c1-26-14-5-3-13(4-6-14)17-11-19(23)22-20-18(12-28-21(17)20)29(24,25)16-9-7-15(27-2)8-10-16/h3-10,12,17H,11H2,1-2H3,(H,22,23). The van der Waals surface area contributed by atoms with Gasteiger partial charge in [-0.25, -0.2) is 8.42 Å². The van der Waals surface area contributed by atoms with Gasteiger partial charge in [-0.05, 0) is 42.0 Å². The van der Waals surface area contributed by atoms with Crippen LogP contribution in [-0.2, 0) is 14.6 Å². The molecule has 2 heterocycles. The zero-order valence-electron chi connectivity index (χ0n) is 15.8. The summed E-state index contributed by atoms with van der Waals surface area (Å²) in [6.07, 6.45) is 0.266. The Hall–Kier alpha value is -2.84. The van der Waals surface area contributed by atoms with Crippen LogP contribution in [-0.4, -0.2) is 28.5 Å². The lowest BCUT2D eigenvalue weighted by Gasteiger charge is -2.24. The summed E-state index contributed by atoms with van der Waals surface area (Å²) in [5.41, 5.74) is 1.32. The molecule has 0 radical (unpaired) electrons. The molecule has 0 aliphatic carbocycles. The first-order valence-electron chi connectivity index (χ1n) is 8.88. The number of fused-ring (bicyclic) bond motifs is 1. The number of carbonyl (C=O) groups excluding carboxylic acids is 1. The minimum Gasteiger partial charge on any atom is -0.497 e. The van der Waals surface area contributed by atoms with Crippen molar-refractivity contribution in [3.8, 4) is 11.5 Å². The molecule has 2 aromatic carbocycles. The molecule has 4 rings (SSSR count). The summed E-state index contributed by atoms with van der Waals surface area (Å²) in [6.45, 7) is 0. The summed E-state index contributed by atoms with van der Waals surface area (Å²) in [4.78, 5) is 13.5. The van der Waals surface area contributed by atoms with Crippen LogP contribution in [0.1, 0.15) is 22.8 Å². The highest BCUT2D eigenvalue weighted by Crippen LogP contribution is 2.46. The minimum absolute atomic E-state index is 0.120. The van der Waals surface area contributed by atoms with E-state index in [1.807, 2.05) is 24.3 Å². The summed E-state index contributed by atoms with van der Waals surface area (Å²) >= 11 is 1.35. The predicted molar refractivity (Wildman–Crippen MR) is 111 cm³/mol. The van der Waals surface area contributed by atoms with Gasteiger partial charge in [0.1, 0.15) is 16.4 Å². The molecule has 8 heteroatoms. The highest BCUT2D eigenvalue weighted by molar-refractivity contribution is 7.91. The van der Waals surface area contributed by atoms with Gasteiger partial charge in [0.2, 0.25) is 15.7 Å². The molecule has 0 bridgehead atoms. The number of hydrogen-bond acceptors (Lipinski definition) is 6. The van der Waals surface area contributed by atoms with Crippen molar-refractivity contribution < 1.29 is 22.7 Å². The summed E-state index contributed by atoms with van der Waals surface area (Å²) in [5.74, 6) is 0.893. The van der Waals surface area contributed by atoms with Gasteiger partial charge in [-0.1, -0.05) is 12.1 Å². The van der Waals surface area contributed by atoms with E-state index < -0.39 is 9.84 Å². The molecule has 1 aromatic heterocycles. The summed E-state index contributed by atoms with van der Waals surface area (Å²) in [7, 11) is -0.666. The van der Waals surface area contributed by atoms with Crippen LogP contribution in [0.15, 0.2) is 63.7 Å². The second-order valence-corrected chi connectivity index (χ2v) is 9.43. The number of anilines is 1. The maximum Gasteiger partial charge on any atom is 0.225 e. The van der Waals surface area contributed by atoms with Gasteiger partial charge in [0.05, 0.1) is 24.8 Å². The Morgan fingerprint density at radius 3 is 2.14 bits per heavy atom. The van der Waals surface area contributed by atoms with Gasteiger partial charge in [-0.3, -0.25) is 4.79 Å². The fraction of sp³-hybridized carbons (Fsp3) is 0.190. The summed E-state index contributed by atoms with van der Waals surface area (Å²) < 4.78 is 36.7. The Labute approximate surface area is 173 Å². The maximum atomic E-state index is 13.2. The molecule has 29 heavy (non-hydrogen) atoms. The van der Waals surface area contributed by atoms with E-state index in [1.165, 1.54) is 30.6 Å². The molecule has 1 aliphatic heterocycles. The van der Waals surface area contributed by atoms with Gasteiger partial charge >= 0.3 is 0 Å². The fourth-order valence-corrected chi connectivity index (χ4v) is 6.30. The number of benzene rings is 2. The molecule has 3 aromatic rings. The van der Waals surface area contributed by atoms with Gasteiger partial charge in [0.25, 0.3) is 0 Å². The molecule has 0 spiro atoms. The minimum atomic E-state index is -3.78. The number of nitrogens with one attached hydrogen (secondary N) is 1. The van der Waals surface area contributed by atoms with Gasteiger partial charge in [0.15, 0.2) is 0 Å². The van der Waals surface area contributed by atoms with E-state index in [1.54, 1.807) is 24.6 Å². The highest BCUT2D eigenvalue weighted by atomic mass is 32.2. The van der Waals surface area contributed by atoms with Crippen molar-refractivity contribution in [2.45, 2.75) is 22.1 Å². The molecule has 1 N–H and O–H groups in total. The van der Waals surface area contributed by atoms with E-state index >= 15 is 0 Å². The zero-order valence-corrected chi connectivity index (χ0v) is 17.5. The van der Waals surface area contributed by atoms with Crippen molar-refractivity contribution in [2.24, 2.45) is 0 Å². The van der Waals surface area contributed by atoms with Crippen molar-refractivity contribution >= 4 is 32.8 Å². The normalized spacial score (nSPS) is 16.1. The fourth-order valence-electron chi connectivity index (χ4n) is 3.39. The first-order valence-corrected chi connectivity index (χ1v) is 11.2. The summed E-state index contributed by atoms with van der Waals surface area (Å²) in [5, 5.41) is 4.38. The van der Waals surface area contributed by atoms with Gasteiger partial charge in [-0.15, -0.1) is 11.3 Å².